The van der Waals surface area contributed by atoms with Crippen molar-refractivity contribution in [3.8, 4) is 5.75 Å². The van der Waals surface area contributed by atoms with E-state index in [9.17, 15) is 8.42 Å². The molecule has 1 aliphatic heterocycles. The standard InChI is InChI=1S/C12H18N2O4S/c1-8-11(5-6-18-8)14-19(15,16)9-3-4-12(17-2)10(13)7-9/h3-4,7-8,11,14H,5-6,13H2,1-2H3. The number of methoxy groups -OCH3 is 1. The number of rotatable bonds is 4. The summed E-state index contributed by atoms with van der Waals surface area (Å²) in [6.07, 6.45) is 0.553. The Hall–Kier alpha value is -1.31. The van der Waals surface area contributed by atoms with Crippen molar-refractivity contribution in [2.45, 2.75) is 30.4 Å². The van der Waals surface area contributed by atoms with Gasteiger partial charge in [0.1, 0.15) is 5.75 Å². The SMILES string of the molecule is COc1ccc(S(=O)(=O)NC2CCOC2C)cc1N. The number of benzene rings is 1. The van der Waals surface area contributed by atoms with Gasteiger partial charge in [-0.25, -0.2) is 13.1 Å². The minimum absolute atomic E-state index is 0.120. The van der Waals surface area contributed by atoms with Crippen LogP contribution in [0.1, 0.15) is 13.3 Å². The second-order valence-electron chi connectivity index (χ2n) is 4.50. The van der Waals surface area contributed by atoms with Gasteiger partial charge in [-0.2, -0.15) is 0 Å². The maximum Gasteiger partial charge on any atom is 0.240 e. The molecule has 3 N–H and O–H groups in total. The Morgan fingerprint density at radius 1 is 1.47 bits per heavy atom. The van der Waals surface area contributed by atoms with Crippen molar-refractivity contribution in [2.75, 3.05) is 19.5 Å². The molecule has 1 saturated heterocycles. The van der Waals surface area contributed by atoms with Gasteiger partial charge in [-0.15, -0.1) is 0 Å². The zero-order valence-electron chi connectivity index (χ0n) is 10.9. The summed E-state index contributed by atoms with van der Waals surface area (Å²) in [5, 5.41) is 0. The normalized spacial score (nSPS) is 23.5. The van der Waals surface area contributed by atoms with Crippen molar-refractivity contribution < 1.29 is 17.9 Å². The first kappa shape index (κ1) is 14.1. The highest BCUT2D eigenvalue weighted by molar-refractivity contribution is 7.89. The third-order valence-corrected chi connectivity index (χ3v) is 4.68. The van der Waals surface area contributed by atoms with Crippen LogP contribution < -0.4 is 15.2 Å². The van der Waals surface area contributed by atoms with E-state index in [0.29, 0.717) is 24.5 Å². The molecule has 0 aromatic heterocycles. The molecule has 1 heterocycles. The lowest BCUT2D eigenvalue weighted by atomic mass is 10.2. The van der Waals surface area contributed by atoms with Crippen molar-refractivity contribution in [3.63, 3.8) is 0 Å². The second-order valence-corrected chi connectivity index (χ2v) is 6.21. The molecule has 19 heavy (non-hydrogen) atoms. The summed E-state index contributed by atoms with van der Waals surface area (Å²) in [6.45, 7) is 2.42. The van der Waals surface area contributed by atoms with E-state index < -0.39 is 10.0 Å². The van der Waals surface area contributed by atoms with Crippen LogP contribution in [0.3, 0.4) is 0 Å². The Morgan fingerprint density at radius 2 is 2.21 bits per heavy atom. The highest BCUT2D eigenvalue weighted by Gasteiger charge is 2.29. The van der Waals surface area contributed by atoms with Crippen LogP contribution >= 0.6 is 0 Å². The molecule has 1 fully saturated rings. The Labute approximate surface area is 112 Å². The second kappa shape index (κ2) is 5.36. The molecule has 2 atom stereocenters. The molecule has 1 aromatic rings. The minimum atomic E-state index is -3.59. The summed E-state index contributed by atoms with van der Waals surface area (Å²) in [5.41, 5.74) is 6.01. The number of sulfonamides is 1. The van der Waals surface area contributed by atoms with Crippen LogP contribution in [-0.4, -0.2) is 34.3 Å². The number of anilines is 1. The van der Waals surface area contributed by atoms with Gasteiger partial charge >= 0.3 is 0 Å². The Morgan fingerprint density at radius 3 is 2.74 bits per heavy atom. The highest BCUT2D eigenvalue weighted by Crippen LogP contribution is 2.25. The fourth-order valence-corrected chi connectivity index (χ4v) is 3.41. The maximum absolute atomic E-state index is 12.2. The number of hydrogen-bond donors (Lipinski definition) is 2. The predicted molar refractivity (Wildman–Crippen MR) is 71.5 cm³/mol. The largest absolute Gasteiger partial charge is 0.495 e. The molecule has 6 nitrogen and oxygen atoms in total. The monoisotopic (exact) mass is 286 g/mol. The molecule has 0 saturated carbocycles. The molecule has 2 rings (SSSR count). The van der Waals surface area contributed by atoms with Crippen LogP contribution in [0, 0.1) is 0 Å². The van der Waals surface area contributed by atoms with E-state index in [0.717, 1.165) is 0 Å². The minimum Gasteiger partial charge on any atom is -0.495 e. The summed E-state index contributed by atoms with van der Waals surface area (Å²) in [4.78, 5) is 0.130. The van der Waals surface area contributed by atoms with E-state index in [1.165, 1.54) is 19.2 Å². The summed E-state index contributed by atoms with van der Waals surface area (Å²) in [5.74, 6) is 0.455. The molecule has 0 spiro atoms. The summed E-state index contributed by atoms with van der Waals surface area (Å²) in [6, 6.07) is 4.20. The van der Waals surface area contributed by atoms with Crippen LogP contribution in [0.25, 0.3) is 0 Å². The van der Waals surface area contributed by atoms with Crippen molar-refractivity contribution in [3.05, 3.63) is 18.2 Å². The first-order valence-electron chi connectivity index (χ1n) is 6.01. The predicted octanol–water partition coefficient (Wildman–Crippen LogP) is 0.733. The topological polar surface area (TPSA) is 90.7 Å². The summed E-state index contributed by atoms with van der Waals surface area (Å²) >= 11 is 0. The molecule has 0 amide bonds. The fourth-order valence-electron chi connectivity index (χ4n) is 2.03. The average molecular weight is 286 g/mol. The number of hydrogen-bond acceptors (Lipinski definition) is 5. The van der Waals surface area contributed by atoms with Gasteiger partial charge in [0.2, 0.25) is 10.0 Å². The molecule has 1 aliphatic rings. The van der Waals surface area contributed by atoms with Gasteiger partial charge in [-0.05, 0) is 31.5 Å². The first-order chi connectivity index (χ1) is 8.94. The molecular formula is C12H18N2O4S. The Bertz CT molecular complexity index is 559. The van der Waals surface area contributed by atoms with Gasteiger partial charge in [-0.1, -0.05) is 0 Å². The van der Waals surface area contributed by atoms with E-state index in [1.807, 2.05) is 6.92 Å². The van der Waals surface area contributed by atoms with Gasteiger partial charge in [0.05, 0.1) is 29.8 Å². The van der Waals surface area contributed by atoms with Gasteiger partial charge in [-0.3, -0.25) is 0 Å². The molecule has 0 radical (unpaired) electrons. The van der Waals surface area contributed by atoms with Gasteiger partial charge in [0.15, 0.2) is 0 Å². The summed E-state index contributed by atoms with van der Waals surface area (Å²) < 4.78 is 37.4. The quantitative estimate of drug-likeness (QED) is 0.796. The van der Waals surface area contributed by atoms with E-state index in [1.54, 1.807) is 6.07 Å². The molecule has 7 heteroatoms. The molecule has 0 bridgehead atoms. The lowest BCUT2D eigenvalue weighted by molar-refractivity contribution is 0.117. The Kier molecular flexibility index (Phi) is 3.98. The number of ether oxygens (including phenoxy) is 2. The summed E-state index contributed by atoms with van der Waals surface area (Å²) in [7, 11) is -2.11. The van der Waals surface area contributed by atoms with E-state index in [4.69, 9.17) is 15.2 Å². The van der Waals surface area contributed by atoms with Gasteiger partial charge in [0.25, 0.3) is 0 Å². The van der Waals surface area contributed by atoms with Crippen LogP contribution in [0.4, 0.5) is 5.69 Å². The van der Waals surface area contributed by atoms with Crippen molar-refractivity contribution in [1.29, 1.82) is 0 Å². The lowest BCUT2D eigenvalue weighted by Crippen LogP contribution is -2.39. The zero-order chi connectivity index (χ0) is 14.0. The zero-order valence-corrected chi connectivity index (χ0v) is 11.7. The fraction of sp³-hybridized carbons (Fsp3) is 0.500. The van der Waals surface area contributed by atoms with Crippen LogP contribution in [-0.2, 0) is 14.8 Å². The average Bonchev–Trinajstić information content (AvgIpc) is 2.74. The number of nitrogen functional groups attached to an aromatic ring is 1. The highest BCUT2D eigenvalue weighted by atomic mass is 32.2. The first-order valence-corrected chi connectivity index (χ1v) is 7.50. The van der Waals surface area contributed by atoms with Gasteiger partial charge in [0, 0.05) is 6.61 Å². The third-order valence-electron chi connectivity index (χ3n) is 3.19. The van der Waals surface area contributed by atoms with Crippen molar-refractivity contribution in [2.24, 2.45) is 0 Å². The molecular weight excluding hydrogens is 268 g/mol. The Balaban J connectivity index is 2.22. The lowest BCUT2D eigenvalue weighted by Gasteiger charge is -2.16. The van der Waals surface area contributed by atoms with Crippen molar-refractivity contribution >= 4 is 15.7 Å². The molecule has 2 unspecified atom stereocenters. The van der Waals surface area contributed by atoms with Gasteiger partial charge < -0.3 is 15.2 Å². The molecule has 0 aliphatic carbocycles. The van der Waals surface area contributed by atoms with Crippen molar-refractivity contribution in [1.82, 2.24) is 4.72 Å². The van der Waals surface area contributed by atoms with Crippen LogP contribution in [0.15, 0.2) is 23.1 Å². The smallest absolute Gasteiger partial charge is 0.240 e. The van der Waals surface area contributed by atoms with E-state index in [2.05, 4.69) is 4.72 Å². The molecule has 1 aromatic carbocycles. The van der Waals surface area contributed by atoms with E-state index >= 15 is 0 Å². The van der Waals surface area contributed by atoms with E-state index in [-0.39, 0.29) is 17.0 Å². The number of nitrogens with one attached hydrogen (secondary N) is 1. The number of nitrogens with two attached hydrogens (primary N) is 1. The molecule has 106 valence electrons. The van der Waals surface area contributed by atoms with Crippen LogP contribution in [0.2, 0.25) is 0 Å². The third kappa shape index (κ3) is 2.99. The maximum atomic E-state index is 12.2. The van der Waals surface area contributed by atoms with Crippen LogP contribution in [0.5, 0.6) is 5.75 Å².